The molecule has 1 aromatic rings. The van der Waals surface area contributed by atoms with Crippen LogP contribution in [0.3, 0.4) is 0 Å². The number of carboxylic acids is 1. The van der Waals surface area contributed by atoms with Crippen molar-refractivity contribution in [3.63, 3.8) is 0 Å². The Morgan fingerprint density at radius 3 is 2.47 bits per heavy atom. The number of amides is 1. The molecule has 0 aromatic heterocycles. The molecule has 19 heavy (non-hydrogen) atoms. The SMILES string of the molecule is O=C(O)c1ccc2c(c1)CN(C(=O)C1CC=CC1)C2. The first-order chi connectivity index (χ1) is 9.15. The summed E-state index contributed by atoms with van der Waals surface area (Å²) in [5, 5.41) is 8.97. The van der Waals surface area contributed by atoms with Crippen LogP contribution in [0.5, 0.6) is 0 Å². The van der Waals surface area contributed by atoms with Crippen molar-refractivity contribution in [1.29, 1.82) is 0 Å². The van der Waals surface area contributed by atoms with E-state index in [0.717, 1.165) is 24.0 Å². The molecule has 4 nitrogen and oxygen atoms in total. The lowest BCUT2D eigenvalue weighted by atomic mass is 10.1. The second kappa shape index (κ2) is 4.53. The van der Waals surface area contributed by atoms with E-state index in [2.05, 4.69) is 0 Å². The zero-order valence-corrected chi connectivity index (χ0v) is 10.5. The van der Waals surface area contributed by atoms with Crippen LogP contribution >= 0.6 is 0 Å². The van der Waals surface area contributed by atoms with Gasteiger partial charge < -0.3 is 10.0 Å². The van der Waals surface area contributed by atoms with Crippen molar-refractivity contribution in [3.8, 4) is 0 Å². The van der Waals surface area contributed by atoms with Crippen molar-refractivity contribution in [1.82, 2.24) is 4.90 Å². The average Bonchev–Trinajstić information content (AvgIpc) is 3.06. The molecule has 3 rings (SSSR count). The van der Waals surface area contributed by atoms with Crippen LogP contribution in [0.1, 0.15) is 34.3 Å². The highest BCUT2D eigenvalue weighted by Crippen LogP contribution is 2.28. The summed E-state index contributed by atoms with van der Waals surface area (Å²) >= 11 is 0. The number of aromatic carboxylic acids is 1. The monoisotopic (exact) mass is 257 g/mol. The Morgan fingerprint density at radius 1 is 1.11 bits per heavy atom. The molecule has 0 spiro atoms. The molecule has 2 aliphatic rings. The molecule has 0 saturated carbocycles. The number of benzene rings is 1. The molecule has 1 aliphatic heterocycles. The van der Waals surface area contributed by atoms with E-state index in [-0.39, 0.29) is 17.4 Å². The zero-order valence-electron chi connectivity index (χ0n) is 10.5. The smallest absolute Gasteiger partial charge is 0.335 e. The standard InChI is InChI=1S/C15H15NO3/c17-14(10-3-1-2-4-10)16-8-12-6-5-11(15(18)19)7-13(12)9-16/h1-2,5-7,10H,3-4,8-9H2,(H,18,19). The number of carbonyl (C=O) groups excluding carboxylic acids is 1. The van der Waals surface area contributed by atoms with Gasteiger partial charge in [0.15, 0.2) is 0 Å². The van der Waals surface area contributed by atoms with Gasteiger partial charge >= 0.3 is 5.97 Å². The number of carboxylic acid groups (broad SMARTS) is 1. The minimum Gasteiger partial charge on any atom is -0.478 e. The second-order valence-electron chi connectivity index (χ2n) is 5.12. The third kappa shape index (κ3) is 2.14. The predicted molar refractivity (Wildman–Crippen MR) is 69.5 cm³/mol. The van der Waals surface area contributed by atoms with Crippen LogP contribution in [0.4, 0.5) is 0 Å². The Kier molecular flexibility index (Phi) is 2.85. The summed E-state index contributed by atoms with van der Waals surface area (Å²) in [6.45, 7) is 1.14. The Bertz CT molecular complexity index is 569. The highest BCUT2D eigenvalue weighted by molar-refractivity contribution is 5.88. The number of allylic oxidation sites excluding steroid dienone is 2. The maximum Gasteiger partial charge on any atom is 0.335 e. The first kappa shape index (κ1) is 12.0. The maximum atomic E-state index is 12.3. The van der Waals surface area contributed by atoms with E-state index in [1.807, 2.05) is 23.1 Å². The summed E-state index contributed by atoms with van der Waals surface area (Å²) in [6.07, 6.45) is 5.75. The quantitative estimate of drug-likeness (QED) is 0.826. The van der Waals surface area contributed by atoms with Crippen molar-refractivity contribution >= 4 is 11.9 Å². The van der Waals surface area contributed by atoms with Crippen LogP contribution in [0.15, 0.2) is 30.4 Å². The largest absolute Gasteiger partial charge is 0.478 e. The van der Waals surface area contributed by atoms with Crippen LogP contribution < -0.4 is 0 Å². The lowest BCUT2D eigenvalue weighted by Gasteiger charge is -2.19. The molecule has 98 valence electrons. The Morgan fingerprint density at radius 2 is 1.79 bits per heavy atom. The van der Waals surface area contributed by atoms with Gasteiger partial charge in [-0.15, -0.1) is 0 Å². The molecule has 1 amide bonds. The predicted octanol–water partition coefficient (Wildman–Crippen LogP) is 2.19. The van der Waals surface area contributed by atoms with E-state index in [1.54, 1.807) is 12.1 Å². The van der Waals surface area contributed by atoms with Gasteiger partial charge in [-0.2, -0.15) is 0 Å². The zero-order chi connectivity index (χ0) is 13.4. The third-order valence-electron chi connectivity index (χ3n) is 3.84. The fourth-order valence-electron chi connectivity index (χ4n) is 2.76. The highest BCUT2D eigenvalue weighted by Gasteiger charge is 2.29. The molecule has 0 radical (unpaired) electrons. The van der Waals surface area contributed by atoms with Gasteiger partial charge in [0.05, 0.1) is 5.56 Å². The number of nitrogens with zero attached hydrogens (tertiary/aromatic N) is 1. The lowest BCUT2D eigenvalue weighted by molar-refractivity contribution is -0.135. The lowest BCUT2D eigenvalue weighted by Crippen LogP contribution is -2.30. The molecule has 0 fully saturated rings. The van der Waals surface area contributed by atoms with Crippen LogP contribution in [0, 0.1) is 5.92 Å². The molecule has 4 heteroatoms. The Labute approximate surface area is 111 Å². The maximum absolute atomic E-state index is 12.3. The molecular weight excluding hydrogens is 242 g/mol. The normalized spacial score (nSPS) is 17.8. The molecular formula is C15H15NO3. The van der Waals surface area contributed by atoms with Gasteiger partial charge in [-0.05, 0) is 36.1 Å². The van der Waals surface area contributed by atoms with Gasteiger partial charge in [-0.3, -0.25) is 4.79 Å². The fraction of sp³-hybridized carbons (Fsp3) is 0.333. The highest BCUT2D eigenvalue weighted by atomic mass is 16.4. The van der Waals surface area contributed by atoms with E-state index in [0.29, 0.717) is 13.1 Å². The van der Waals surface area contributed by atoms with Crippen molar-refractivity contribution in [2.75, 3.05) is 0 Å². The summed E-state index contributed by atoms with van der Waals surface area (Å²) in [5.74, 6) is -0.668. The van der Waals surface area contributed by atoms with Gasteiger partial charge in [-0.25, -0.2) is 4.79 Å². The molecule has 0 bridgehead atoms. The summed E-state index contributed by atoms with van der Waals surface area (Å²) in [4.78, 5) is 25.1. The van der Waals surface area contributed by atoms with E-state index in [1.165, 1.54) is 0 Å². The molecule has 1 N–H and O–H groups in total. The van der Waals surface area contributed by atoms with E-state index in [4.69, 9.17) is 5.11 Å². The van der Waals surface area contributed by atoms with E-state index >= 15 is 0 Å². The van der Waals surface area contributed by atoms with Crippen LogP contribution in [-0.4, -0.2) is 21.9 Å². The van der Waals surface area contributed by atoms with Gasteiger partial charge in [-0.1, -0.05) is 18.2 Å². The van der Waals surface area contributed by atoms with Gasteiger partial charge in [0.2, 0.25) is 5.91 Å². The number of carbonyl (C=O) groups is 2. The Balaban J connectivity index is 1.76. The van der Waals surface area contributed by atoms with Crippen molar-refractivity contribution < 1.29 is 14.7 Å². The van der Waals surface area contributed by atoms with Crippen molar-refractivity contribution in [2.24, 2.45) is 5.92 Å². The summed E-state index contributed by atoms with van der Waals surface area (Å²) in [7, 11) is 0. The summed E-state index contributed by atoms with van der Waals surface area (Å²) in [5.41, 5.74) is 2.30. The summed E-state index contributed by atoms with van der Waals surface area (Å²) < 4.78 is 0. The summed E-state index contributed by atoms with van der Waals surface area (Å²) in [6, 6.07) is 5.10. The van der Waals surface area contributed by atoms with Crippen molar-refractivity contribution in [3.05, 3.63) is 47.0 Å². The molecule has 1 aromatic carbocycles. The van der Waals surface area contributed by atoms with Gasteiger partial charge in [0, 0.05) is 19.0 Å². The number of hydrogen-bond donors (Lipinski definition) is 1. The minimum absolute atomic E-state index is 0.0771. The van der Waals surface area contributed by atoms with Gasteiger partial charge in [0.25, 0.3) is 0 Å². The second-order valence-corrected chi connectivity index (χ2v) is 5.12. The third-order valence-corrected chi connectivity index (χ3v) is 3.84. The first-order valence-electron chi connectivity index (χ1n) is 6.44. The first-order valence-corrected chi connectivity index (χ1v) is 6.44. The molecule has 1 heterocycles. The molecule has 0 atom stereocenters. The van der Waals surface area contributed by atoms with E-state index < -0.39 is 5.97 Å². The number of fused-ring (bicyclic) bond motifs is 1. The number of rotatable bonds is 2. The molecule has 0 unspecified atom stereocenters. The average molecular weight is 257 g/mol. The molecule has 0 saturated heterocycles. The van der Waals surface area contributed by atoms with Crippen LogP contribution in [0.2, 0.25) is 0 Å². The van der Waals surface area contributed by atoms with E-state index in [9.17, 15) is 9.59 Å². The Hall–Kier alpha value is -2.10. The number of hydrogen-bond acceptors (Lipinski definition) is 2. The van der Waals surface area contributed by atoms with Gasteiger partial charge in [0.1, 0.15) is 0 Å². The van der Waals surface area contributed by atoms with Crippen molar-refractivity contribution in [2.45, 2.75) is 25.9 Å². The fourth-order valence-corrected chi connectivity index (χ4v) is 2.76. The van der Waals surface area contributed by atoms with Crippen LogP contribution in [0.25, 0.3) is 0 Å². The molecule has 1 aliphatic carbocycles. The minimum atomic E-state index is -0.924. The van der Waals surface area contributed by atoms with Crippen LogP contribution in [-0.2, 0) is 17.9 Å². The topological polar surface area (TPSA) is 57.6 Å².